The van der Waals surface area contributed by atoms with E-state index < -0.39 is 6.10 Å². The van der Waals surface area contributed by atoms with Gasteiger partial charge in [-0.25, -0.2) is 0 Å². The number of benzene rings is 1. The second kappa shape index (κ2) is 4.51. The molecule has 1 heterocycles. The zero-order valence-electron chi connectivity index (χ0n) is 10.1. The van der Waals surface area contributed by atoms with Gasteiger partial charge in [-0.1, -0.05) is 23.7 Å². The van der Waals surface area contributed by atoms with Gasteiger partial charge in [0.05, 0.1) is 5.69 Å². The van der Waals surface area contributed by atoms with Gasteiger partial charge in [0.25, 0.3) is 0 Å². The first-order valence-corrected chi connectivity index (χ1v) is 5.82. The number of rotatable bonds is 2. The standard InChI is InChI=1S/C13H15ClN2O/c1-8-12(9(2)16(3)15-8)13(17)10-4-6-11(14)7-5-10/h4-7,13,17H,1-3H3. The number of halogens is 1. The number of aliphatic hydroxyl groups excluding tert-OH is 1. The Balaban J connectivity index is 2.43. The number of nitrogens with zero attached hydrogens (tertiary/aromatic N) is 2. The first-order valence-electron chi connectivity index (χ1n) is 5.44. The maximum absolute atomic E-state index is 10.4. The predicted octanol–water partition coefficient (Wildman–Crippen LogP) is 2.77. The van der Waals surface area contributed by atoms with Crippen LogP contribution in [0.4, 0.5) is 0 Å². The molecule has 0 aliphatic heterocycles. The first kappa shape index (κ1) is 12.1. The van der Waals surface area contributed by atoms with Crippen molar-refractivity contribution in [2.45, 2.75) is 20.0 Å². The van der Waals surface area contributed by atoms with Crippen molar-refractivity contribution in [3.8, 4) is 0 Å². The van der Waals surface area contributed by atoms with Crippen LogP contribution < -0.4 is 0 Å². The summed E-state index contributed by atoms with van der Waals surface area (Å²) in [4.78, 5) is 0. The normalized spacial score (nSPS) is 12.8. The smallest absolute Gasteiger partial charge is 0.108 e. The highest BCUT2D eigenvalue weighted by atomic mass is 35.5. The van der Waals surface area contributed by atoms with Crippen molar-refractivity contribution in [2.75, 3.05) is 0 Å². The van der Waals surface area contributed by atoms with E-state index in [1.807, 2.05) is 33.0 Å². The molecule has 1 N–H and O–H groups in total. The Labute approximate surface area is 106 Å². The van der Waals surface area contributed by atoms with E-state index in [-0.39, 0.29) is 0 Å². The molecule has 0 bridgehead atoms. The van der Waals surface area contributed by atoms with Crippen LogP contribution in [0.25, 0.3) is 0 Å². The van der Waals surface area contributed by atoms with Gasteiger partial charge in [0.2, 0.25) is 0 Å². The Morgan fingerprint density at radius 2 is 1.82 bits per heavy atom. The average Bonchev–Trinajstić information content (AvgIpc) is 2.53. The van der Waals surface area contributed by atoms with Crippen LogP contribution in [-0.2, 0) is 7.05 Å². The minimum absolute atomic E-state index is 0.652. The second-order valence-corrected chi connectivity index (χ2v) is 4.60. The van der Waals surface area contributed by atoms with E-state index in [0.717, 1.165) is 22.5 Å². The molecule has 1 aromatic carbocycles. The lowest BCUT2D eigenvalue weighted by atomic mass is 10.00. The van der Waals surface area contributed by atoms with Crippen LogP contribution in [0.1, 0.15) is 28.6 Å². The Morgan fingerprint density at radius 3 is 2.29 bits per heavy atom. The van der Waals surface area contributed by atoms with Gasteiger partial charge in [-0.3, -0.25) is 4.68 Å². The van der Waals surface area contributed by atoms with Crippen LogP contribution in [0, 0.1) is 13.8 Å². The number of aromatic nitrogens is 2. The number of aryl methyl sites for hydroxylation is 2. The van der Waals surface area contributed by atoms with E-state index in [2.05, 4.69) is 5.10 Å². The summed E-state index contributed by atoms with van der Waals surface area (Å²) < 4.78 is 1.78. The van der Waals surface area contributed by atoms with Gasteiger partial charge in [-0.15, -0.1) is 0 Å². The molecule has 0 spiro atoms. The fraction of sp³-hybridized carbons (Fsp3) is 0.308. The van der Waals surface area contributed by atoms with Gasteiger partial charge in [-0.05, 0) is 31.5 Å². The van der Waals surface area contributed by atoms with Crippen LogP contribution in [0.3, 0.4) is 0 Å². The molecule has 0 radical (unpaired) electrons. The summed E-state index contributed by atoms with van der Waals surface area (Å²) in [5.41, 5.74) is 3.53. The van der Waals surface area contributed by atoms with Crippen LogP contribution in [0.15, 0.2) is 24.3 Å². The lowest BCUT2D eigenvalue weighted by Gasteiger charge is -2.12. The van der Waals surface area contributed by atoms with Crippen LogP contribution in [-0.4, -0.2) is 14.9 Å². The molecule has 4 heteroatoms. The quantitative estimate of drug-likeness (QED) is 0.890. The van der Waals surface area contributed by atoms with E-state index in [1.165, 1.54) is 0 Å². The minimum atomic E-state index is -0.652. The second-order valence-electron chi connectivity index (χ2n) is 4.16. The molecule has 0 saturated heterocycles. The molecule has 1 unspecified atom stereocenters. The fourth-order valence-electron chi connectivity index (χ4n) is 2.00. The zero-order chi connectivity index (χ0) is 12.6. The topological polar surface area (TPSA) is 38.0 Å². The van der Waals surface area contributed by atoms with Gasteiger partial charge < -0.3 is 5.11 Å². The molecule has 1 atom stereocenters. The molecule has 0 fully saturated rings. The summed E-state index contributed by atoms with van der Waals surface area (Å²) in [5.74, 6) is 0. The highest BCUT2D eigenvalue weighted by Crippen LogP contribution is 2.27. The van der Waals surface area contributed by atoms with Gasteiger partial charge in [0.1, 0.15) is 6.10 Å². The summed E-state index contributed by atoms with van der Waals surface area (Å²) in [6, 6.07) is 7.22. The molecule has 0 aliphatic rings. The first-order chi connectivity index (χ1) is 8.00. The van der Waals surface area contributed by atoms with Crippen LogP contribution in [0.5, 0.6) is 0 Å². The van der Waals surface area contributed by atoms with E-state index in [0.29, 0.717) is 5.02 Å². The lowest BCUT2D eigenvalue weighted by Crippen LogP contribution is -2.03. The van der Waals surface area contributed by atoms with Gasteiger partial charge in [-0.2, -0.15) is 5.10 Å². The molecule has 3 nitrogen and oxygen atoms in total. The van der Waals surface area contributed by atoms with Crippen LogP contribution >= 0.6 is 11.6 Å². The molecular formula is C13H15ClN2O. The third kappa shape index (κ3) is 2.21. The molecular weight excluding hydrogens is 236 g/mol. The Kier molecular flexibility index (Phi) is 3.22. The lowest BCUT2D eigenvalue weighted by molar-refractivity contribution is 0.218. The third-order valence-electron chi connectivity index (χ3n) is 3.02. The average molecular weight is 251 g/mol. The fourth-order valence-corrected chi connectivity index (χ4v) is 2.12. The molecule has 2 aromatic rings. The Morgan fingerprint density at radius 1 is 1.24 bits per heavy atom. The summed E-state index contributed by atoms with van der Waals surface area (Å²) in [6.07, 6.45) is -0.652. The van der Waals surface area contributed by atoms with Gasteiger partial charge in [0, 0.05) is 23.3 Å². The van der Waals surface area contributed by atoms with Crippen molar-refractivity contribution in [1.29, 1.82) is 0 Å². The highest BCUT2D eigenvalue weighted by Gasteiger charge is 2.19. The van der Waals surface area contributed by atoms with Crippen LogP contribution in [0.2, 0.25) is 5.02 Å². The predicted molar refractivity (Wildman–Crippen MR) is 68.2 cm³/mol. The Hall–Kier alpha value is -1.32. The summed E-state index contributed by atoms with van der Waals surface area (Å²) in [5, 5.41) is 15.3. The summed E-state index contributed by atoms with van der Waals surface area (Å²) in [6.45, 7) is 3.86. The molecule has 1 aromatic heterocycles. The monoisotopic (exact) mass is 250 g/mol. The van der Waals surface area contributed by atoms with Crippen molar-refractivity contribution in [3.63, 3.8) is 0 Å². The molecule has 0 amide bonds. The SMILES string of the molecule is Cc1nn(C)c(C)c1C(O)c1ccc(Cl)cc1. The maximum Gasteiger partial charge on any atom is 0.108 e. The van der Waals surface area contributed by atoms with Gasteiger partial charge in [0.15, 0.2) is 0 Å². The maximum atomic E-state index is 10.4. The van der Waals surface area contributed by atoms with E-state index in [1.54, 1.807) is 16.8 Å². The largest absolute Gasteiger partial charge is 0.384 e. The minimum Gasteiger partial charge on any atom is -0.384 e. The Bertz CT molecular complexity index is 531. The molecule has 0 aliphatic carbocycles. The molecule has 2 rings (SSSR count). The molecule has 17 heavy (non-hydrogen) atoms. The zero-order valence-corrected chi connectivity index (χ0v) is 10.9. The van der Waals surface area contributed by atoms with Crippen molar-refractivity contribution < 1.29 is 5.11 Å². The summed E-state index contributed by atoms with van der Waals surface area (Å²) in [7, 11) is 1.88. The van der Waals surface area contributed by atoms with E-state index in [4.69, 9.17) is 11.6 Å². The number of aliphatic hydroxyl groups is 1. The molecule has 0 saturated carbocycles. The van der Waals surface area contributed by atoms with E-state index in [9.17, 15) is 5.11 Å². The highest BCUT2D eigenvalue weighted by molar-refractivity contribution is 6.30. The number of hydrogen-bond acceptors (Lipinski definition) is 2. The van der Waals surface area contributed by atoms with Crippen molar-refractivity contribution in [2.24, 2.45) is 7.05 Å². The third-order valence-corrected chi connectivity index (χ3v) is 3.28. The number of hydrogen-bond donors (Lipinski definition) is 1. The molecule has 90 valence electrons. The van der Waals surface area contributed by atoms with Crippen molar-refractivity contribution in [3.05, 3.63) is 51.8 Å². The van der Waals surface area contributed by atoms with Crippen molar-refractivity contribution >= 4 is 11.6 Å². The summed E-state index contributed by atoms with van der Waals surface area (Å²) >= 11 is 5.83. The van der Waals surface area contributed by atoms with Crippen molar-refractivity contribution in [1.82, 2.24) is 9.78 Å². The van der Waals surface area contributed by atoms with E-state index >= 15 is 0 Å². The van der Waals surface area contributed by atoms with Gasteiger partial charge >= 0.3 is 0 Å².